The molecule has 0 radical (unpaired) electrons. The lowest BCUT2D eigenvalue weighted by Crippen LogP contribution is -2.38. The molecule has 39 heavy (non-hydrogen) atoms. The third-order valence-corrected chi connectivity index (χ3v) is 7.90. The zero-order valence-corrected chi connectivity index (χ0v) is 23.6. The van der Waals surface area contributed by atoms with Crippen LogP contribution in [0.5, 0.6) is 0 Å². The summed E-state index contributed by atoms with van der Waals surface area (Å²) in [6, 6.07) is 16.5. The maximum Gasteiger partial charge on any atom is 0.253 e. The van der Waals surface area contributed by atoms with Crippen molar-refractivity contribution in [1.29, 1.82) is 0 Å². The lowest BCUT2D eigenvalue weighted by molar-refractivity contribution is -0.116. The molecule has 0 aliphatic carbocycles. The van der Waals surface area contributed by atoms with Crippen molar-refractivity contribution in [3.05, 3.63) is 59.7 Å². The van der Waals surface area contributed by atoms with E-state index in [-0.39, 0.29) is 11.8 Å². The number of benzene rings is 2. The molecular formula is C32H46N4O3. The Morgan fingerprint density at radius 3 is 2.46 bits per heavy atom. The van der Waals surface area contributed by atoms with Gasteiger partial charge in [-0.15, -0.1) is 0 Å². The van der Waals surface area contributed by atoms with E-state index in [0.29, 0.717) is 30.1 Å². The van der Waals surface area contributed by atoms with E-state index in [4.69, 9.17) is 4.74 Å². The maximum atomic E-state index is 13.4. The standard InChI is InChI=1S/C32H46N4O3/c1-2-3-5-11-31(37)34-28-12-13-30(36-18-14-27(15-19-36)24-26-9-6-4-7-10-26)29(25-28)32(38)33-16-8-17-35-20-22-39-23-21-35/h4,6-7,9-10,12-13,25,27H,2-3,5,8,11,14-24H2,1H3,(H,33,38)(H,34,37). The molecular weight excluding hydrogens is 488 g/mol. The summed E-state index contributed by atoms with van der Waals surface area (Å²) in [5.41, 5.74) is 3.70. The highest BCUT2D eigenvalue weighted by Crippen LogP contribution is 2.30. The Labute approximate surface area is 234 Å². The minimum Gasteiger partial charge on any atom is -0.379 e. The highest BCUT2D eigenvalue weighted by Gasteiger charge is 2.24. The fourth-order valence-corrected chi connectivity index (χ4v) is 5.58. The number of nitrogens with zero attached hydrogens (tertiary/aromatic N) is 2. The molecule has 2 aromatic rings. The molecule has 0 spiro atoms. The average molecular weight is 535 g/mol. The molecule has 2 fully saturated rings. The van der Waals surface area contributed by atoms with Crippen LogP contribution >= 0.6 is 0 Å². The van der Waals surface area contributed by atoms with Gasteiger partial charge in [0.05, 0.1) is 18.8 Å². The second kappa shape index (κ2) is 15.6. The van der Waals surface area contributed by atoms with Crippen molar-refractivity contribution in [2.45, 2.75) is 58.3 Å². The Balaban J connectivity index is 1.38. The van der Waals surface area contributed by atoms with E-state index in [1.807, 2.05) is 18.2 Å². The van der Waals surface area contributed by atoms with E-state index in [0.717, 1.165) is 96.6 Å². The highest BCUT2D eigenvalue weighted by atomic mass is 16.5. The van der Waals surface area contributed by atoms with Gasteiger partial charge < -0.3 is 20.3 Å². The first-order valence-electron chi connectivity index (χ1n) is 14.9. The van der Waals surface area contributed by atoms with Crippen molar-refractivity contribution in [3.63, 3.8) is 0 Å². The number of nitrogens with one attached hydrogen (secondary N) is 2. The Hall–Kier alpha value is -2.90. The first-order valence-corrected chi connectivity index (χ1v) is 14.9. The topological polar surface area (TPSA) is 73.9 Å². The molecule has 2 amide bonds. The van der Waals surface area contributed by atoms with Crippen molar-refractivity contribution >= 4 is 23.2 Å². The van der Waals surface area contributed by atoms with E-state index < -0.39 is 0 Å². The van der Waals surface area contributed by atoms with Crippen molar-refractivity contribution in [3.8, 4) is 0 Å². The molecule has 0 aromatic heterocycles. The number of carbonyl (C=O) groups is 2. The van der Waals surface area contributed by atoms with E-state index in [1.165, 1.54) is 5.56 Å². The Bertz CT molecular complexity index is 1030. The number of piperidine rings is 1. The Kier molecular flexibility index (Phi) is 11.7. The van der Waals surface area contributed by atoms with Crippen LogP contribution in [0.4, 0.5) is 11.4 Å². The number of morpholine rings is 1. The molecule has 212 valence electrons. The van der Waals surface area contributed by atoms with Crippen molar-refractivity contribution in [1.82, 2.24) is 10.2 Å². The second-order valence-electron chi connectivity index (χ2n) is 10.9. The molecule has 2 aromatic carbocycles. The number of carbonyl (C=O) groups excluding carboxylic acids is 2. The normalized spacial score (nSPS) is 16.7. The molecule has 0 saturated carbocycles. The summed E-state index contributed by atoms with van der Waals surface area (Å²) in [6.45, 7) is 9.06. The second-order valence-corrected chi connectivity index (χ2v) is 10.9. The molecule has 0 atom stereocenters. The smallest absolute Gasteiger partial charge is 0.253 e. The number of amides is 2. The van der Waals surface area contributed by atoms with Gasteiger partial charge >= 0.3 is 0 Å². The maximum absolute atomic E-state index is 13.4. The van der Waals surface area contributed by atoms with Crippen molar-refractivity contribution < 1.29 is 14.3 Å². The molecule has 2 N–H and O–H groups in total. The monoisotopic (exact) mass is 534 g/mol. The first kappa shape index (κ1) is 29.1. The van der Waals surface area contributed by atoms with Crippen LogP contribution in [0.15, 0.2) is 48.5 Å². The lowest BCUT2D eigenvalue weighted by atomic mass is 9.89. The first-order chi connectivity index (χ1) is 19.1. The van der Waals surface area contributed by atoms with Crippen LogP contribution < -0.4 is 15.5 Å². The Morgan fingerprint density at radius 1 is 0.949 bits per heavy atom. The minimum atomic E-state index is -0.0690. The molecule has 0 bridgehead atoms. The summed E-state index contributed by atoms with van der Waals surface area (Å²) in [5.74, 6) is 0.595. The van der Waals surface area contributed by atoms with Gasteiger partial charge in [0.2, 0.25) is 5.91 Å². The molecule has 2 aliphatic rings. The van der Waals surface area contributed by atoms with E-state index in [1.54, 1.807) is 0 Å². The van der Waals surface area contributed by atoms with E-state index in [2.05, 4.69) is 57.7 Å². The van der Waals surface area contributed by atoms with Gasteiger partial charge in [-0.2, -0.15) is 0 Å². The summed E-state index contributed by atoms with van der Waals surface area (Å²) < 4.78 is 5.43. The number of hydrogen-bond acceptors (Lipinski definition) is 5. The quantitative estimate of drug-likeness (QED) is 0.349. The zero-order chi connectivity index (χ0) is 27.3. The number of unbranched alkanes of at least 4 members (excludes halogenated alkanes) is 2. The minimum absolute atomic E-state index is 0.00907. The third kappa shape index (κ3) is 9.36. The van der Waals surface area contributed by atoms with E-state index >= 15 is 0 Å². The van der Waals surface area contributed by atoms with Crippen molar-refractivity contribution in [2.75, 3.05) is 62.7 Å². The van der Waals surface area contributed by atoms with Crippen LogP contribution in [-0.2, 0) is 16.0 Å². The predicted molar refractivity (Wildman–Crippen MR) is 159 cm³/mol. The molecule has 7 nitrogen and oxygen atoms in total. The van der Waals surface area contributed by atoms with Gasteiger partial charge in [0, 0.05) is 50.5 Å². The lowest BCUT2D eigenvalue weighted by Gasteiger charge is -2.35. The fraction of sp³-hybridized carbons (Fsp3) is 0.562. The number of anilines is 2. The molecule has 2 saturated heterocycles. The van der Waals surface area contributed by atoms with Gasteiger partial charge in [-0.05, 0) is 68.3 Å². The van der Waals surface area contributed by atoms with Crippen LogP contribution in [0.2, 0.25) is 0 Å². The van der Waals surface area contributed by atoms with Crippen molar-refractivity contribution in [2.24, 2.45) is 5.92 Å². The SMILES string of the molecule is CCCCCC(=O)Nc1ccc(N2CCC(Cc3ccccc3)CC2)c(C(=O)NCCCN2CCOCC2)c1. The number of rotatable bonds is 13. The Morgan fingerprint density at radius 2 is 1.72 bits per heavy atom. The summed E-state index contributed by atoms with van der Waals surface area (Å²) in [4.78, 5) is 30.6. The van der Waals surface area contributed by atoms with Crippen LogP contribution in [0.1, 0.15) is 67.8 Å². The van der Waals surface area contributed by atoms with Crippen LogP contribution in [-0.4, -0.2) is 69.2 Å². The predicted octanol–water partition coefficient (Wildman–Crippen LogP) is 5.12. The van der Waals surface area contributed by atoms with E-state index in [9.17, 15) is 9.59 Å². The van der Waals surface area contributed by atoms with Gasteiger partial charge in [-0.25, -0.2) is 0 Å². The summed E-state index contributed by atoms with van der Waals surface area (Å²) >= 11 is 0. The van der Waals surface area contributed by atoms with Crippen LogP contribution in [0.25, 0.3) is 0 Å². The van der Waals surface area contributed by atoms with Crippen LogP contribution in [0, 0.1) is 5.92 Å². The van der Waals surface area contributed by atoms with Gasteiger partial charge in [0.1, 0.15) is 0 Å². The molecule has 7 heteroatoms. The third-order valence-electron chi connectivity index (χ3n) is 7.90. The van der Waals surface area contributed by atoms with Gasteiger partial charge in [0.15, 0.2) is 0 Å². The van der Waals surface area contributed by atoms with Gasteiger partial charge in [0.25, 0.3) is 5.91 Å². The number of ether oxygens (including phenoxy) is 1. The molecule has 2 aliphatic heterocycles. The summed E-state index contributed by atoms with van der Waals surface area (Å²) in [7, 11) is 0. The van der Waals surface area contributed by atoms with Crippen LogP contribution in [0.3, 0.4) is 0 Å². The van der Waals surface area contributed by atoms with Gasteiger partial charge in [-0.1, -0.05) is 50.1 Å². The number of hydrogen-bond donors (Lipinski definition) is 2. The fourth-order valence-electron chi connectivity index (χ4n) is 5.58. The largest absolute Gasteiger partial charge is 0.379 e. The molecule has 2 heterocycles. The zero-order valence-electron chi connectivity index (χ0n) is 23.6. The molecule has 4 rings (SSSR count). The van der Waals surface area contributed by atoms with Gasteiger partial charge in [-0.3, -0.25) is 14.5 Å². The summed E-state index contributed by atoms with van der Waals surface area (Å²) in [6.07, 6.45) is 7.73. The average Bonchev–Trinajstić information content (AvgIpc) is 2.97. The molecule has 0 unspecified atom stereocenters. The highest BCUT2D eigenvalue weighted by molar-refractivity contribution is 6.02. The summed E-state index contributed by atoms with van der Waals surface area (Å²) in [5, 5.41) is 6.16.